The third kappa shape index (κ3) is 4.06. The average molecular weight is 460 g/mol. The van der Waals surface area contributed by atoms with Crippen LogP contribution in [0.1, 0.15) is 33.6 Å². The van der Waals surface area contributed by atoms with Crippen molar-refractivity contribution >= 4 is 43.5 Å². The fourth-order valence-corrected chi connectivity index (χ4v) is 5.68. The van der Waals surface area contributed by atoms with Crippen molar-refractivity contribution in [2.24, 2.45) is 12.0 Å². The lowest BCUT2D eigenvalue weighted by atomic mass is 10.2. The van der Waals surface area contributed by atoms with Crippen LogP contribution in [0.4, 0.5) is 0 Å². The first-order chi connectivity index (χ1) is 14.7. The molecule has 2 aromatic carbocycles. The Kier molecular flexibility index (Phi) is 5.54. The van der Waals surface area contributed by atoms with Crippen LogP contribution >= 0.6 is 11.3 Å². The molecule has 31 heavy (non-hydrogen) atoms. The van der Waals surface area contributed by atoms with E-state index in [1.807, 2.05) is 0 Å². The van der Waals surface area contributed by atoms with Gasteiger partial charge in [0.25, 0.3) is 5.91 Å². The minimum atomic E-state index is -3.56. The number of carbonyl (C=O) groups excluding carboxylic acids is 2. The molecule has 1 aliphatic rings. The van der Waals surface area contributed by atoms with E-state index in [1.165, 1.54) is 47.0 Å². The molecule has 1 aromatic heterocycles. The second kappa shape index (κ2) is 8.03. The molecule has 0 saturated heterocycles. The van der Waals surface area contributed by atoms with Gasteiger partial charge in [-0.15, -0.1) is 0 Å². The van der Waals surface area contributed by atoms with E-state index in [4.69, 9.17) is 4.74 Å². The molecular formula is C21H21N3O5S2. The predicted molar refractivity (Wildman–Crippen MR) is 116 cm³/mol. The first-order valence-corrected chi connectivity index (χ1v) is 11.8. The molecule has 0 spiro atoms. The second-order valence-electron chi connectivity index (χ2n) is 7.31. The van der Waals surface area contributed by atoms with Gasteiger partial charge in [-0.3, -0.25) is 4.79 Å². The number of hydrogen-bond donors (Lipinski definition) is 0. The quantitative estimate of drug-likeness (QED) is 0.546. The minimum absolute atomic E-state index is 0.0639. The molecule has 1 amide bonds. The van der Waals surface area contributed by atoms with Gasteiger partial charge in [-0.05, 0) is 55.3 Å². The summed E-state index contributed by atoms with van der Waals surface area (Å²) in [7, 11) is 1.12. The summed E-state index contributed by atoms with van der Waals surface area (Å²) in [5.41, 5.74) is 1.54. The minimum Gasteiger partial charge on any atom is -0.465 e. The molecule has 1 saturated carbocycles. The SMILES string of the molecule is COC(=O)c1ccc2c(c1)sc(=NC(=O)c1ccc(S(=O)(=O)N(C)C3CC3)cc1)n2C. The van der Waals surface area contributed by atoms with Crippen molar-refractivity contribution in [3.63, 3.8) is 0 Å². The Morgan fingerprint density at radius 1 is 1.13 bits per heavy atom. The number of aryl methyl sites for hydroxylation is 1. The Balaban J connectivity index is 1.63. The Hall–Kier alpha value is -2.82. The Labute approximate surface area is 183 Å². The molecule has 0 aliphatic heterocycles. The second-order valence-corrected chi connectivity index (χ2v) is 10.3. The molecule has 0 radical (unpaired) electrons. The summed E-state index contributed by atoms with van der Waals surface area (Å²) in [5.74, 6) is -0.912. The number of carbonyl (C=O) groups is 2. The Morgan fingerprint density at radius 2 is 1.77 bits per heavy atom. The van der Waals surface area contributed by atoms with Crippen molar-refractivity contribution in [2.45, 2.75) is 23.8 Å². The molecule has 0 bridgehead atoms. The van der Waals surface area contributed by atoms with Crippen LogP contribution in [-0.4, -0.2) is 49.4 Å². The van der Waals surface area contributed by atoms with Crippen LogP contribution in [0.15, 0.2) is 52.4 Å². The molecule has 1 heterocycles. The van der Waals surface area contributed by atoms with Crippen molar-refractivity contribution in [3.8, 4) is 0 Å². The summed E-state index contributed by atoms with van der Waals surface area (Å²) in [6.07, 6.45) is 1.75. The molecule has 3 aromatic rings. The summed E-state index contributed by atoms with van der Waals surface area (Å²) in [4.78, 5) is 29.2. The number of aromatic nitrogens is 1. The van der Waals surface area contributed by atoms with Gasteiger partial charge in [0.2, 0.25) is 10.0 Å². The normalized spacial score (nSPS) is 14.9. The van der Waals surface area contributed by atoms with Crippen molar-refractivity contribution in [2.75, 3.05) is 14.2 Å². The fourth-order valence-electron chi connectivity index (χ4n) is 3.21. The molecule has 10 heteroatoms. The van der Waals surface area contributed by atoms with Crippen molar-refractivity contribution in [1.82, 2.24) is 8.87 Å². The van der Waals surface area contributed by atoms with Gasteiger partial charge < -0.3 is 9.30 Å². The highest BCUT2D eigenvalue weighted by molar-refractivity contribution is 7.89. The fraction of sp³-hybridized carbons (Fsp3) is 0.286. The van der Waals surface area contributed by atoms with E-state index in [9.17, 15) is 18.0 Å². The van der Waals surface area contributed by atoms with Crippen LogP contribution in [0.2, 0.25) is 0 Å². The van der Waals surface area contributed by atoms with E-state index in [0.29, 0.717) is 15.9 Å². The lowest BCUT2D eigenvalue weighted by molar-refractivity contribution is 0.0600. The predicted octanol–water partition coefficient (Wildman–Crippen LogP) is 2.55. The summed E-state index contributed by atoms with van der Waals surface area (Å²) in [6, 6.07) is 11.0. The van der Waals surface area contributed by atoms with Gasteiger partial charge >= 0.3 is 5.97 Å². The number of nitrogens with zero attached hydrogens (tertiary/aromatic N) is 3. The third-order valence-electron chi connectivity index (χ3n) is 5.27. The average Bonchev–Trinajstić information content (AvgIpc) is 3.57. The van der Waals surface area contributed by atoms with E-state index in [-0.39, 0.29) is 10.9 Å². The number of methoxy groups -OCH3 is 1. The summed E-state index contributed by atoms with van der Waals surface area (Å²) < 4.78 is 33.9. The smallest absolute Gasteiger partial charge is 0.337 e. The zero-order valence-corrected chi connectivity index (χ0v) is 18.9. The number of amides is 1. The van der Waals surface area contributed by atoms with E-state index in [1.54, 1.807) is 36.9 Å². The zero-order valence-electron chi connectivity index (χ0n) is 17.2. The first-order valence-electron chi connectivity index (χ1n) is 9.57. The molecule has 8 nitrogen and oxygen atoms in total. The van der Waals surface area contributed by atoms with Crippen molar-refractivity contribution in [3.05, 3.63) is 58.4 Å². The molecule has 162 valence electrons. The third-order valence-corrected chi connectivity index (χ3v) is 8.29. The van der Waals surface area contributed by atoms with Gasteiger partial charge in [-0.1, -0.05) is 11.3 Å². The van der Waals surface area contributed by atoms with Gasteiger partial charge in [-0.2, -0.15) is 9.30 Å². The molecule has 0 N–H and O–H groups in total. The number of benzene rings is 2. The maximum atomic E-state index is 12.7. The number of sulfonamides is 1. The van der Waals surface area contributed by atoms with E-state index in [2.05, 4.69) is 4.99 Å². The van der Waals surface area contributed by atoms with Crippen LogP contribution in [0.25, 0.3) is 10.2 Å². The van der Waals surface area contributed by atoms with E-state index >= 15 is 0 Å². The number of thiazole rings is 1. The van der Waals surface area contributed by atoms with Crippen molar-refractivity contribution in [1.29, 1.82) is 0 Å². The van der Waals surface area contributed by atoms with Crippen LogP contribution in [0.3, 0.4) is 0 Å². The van der Waals surface area contributed by atoms with Gasteiger partial charge in [0.15, 0.2) is 4.80 Å². The Bertz CT molecular complexity index is 1350. The highest BCUT2D eigenvalue weighted by Gasteiger charge is 2.35. The monoisotopic (exact) mass is 459 g/mol. The zero-order chi connectivity index (χ0) is 22.3. The first kappa shape index (κ1) is 21.4. The number of rotatable bonds is 5. The standard InChI is InChI=1S/C21H21N3O5S2/c1-23-17-11-6-14(20(26)29-3)12-18(17)30-21(23)22-19(25)13-4-9-16(10-5-13)31(27,28)24(2)15-7-8-15/h4-6,9-12,15H,7-8H2,1-3H3. The maximum absolute atomic E-state index is 12.7. The highest BCUT2D eigenvalue weighted by Crippen LogP contribution is 2.30. The number of hydrogen-bond acceptors (Lipinski definition) is 6. The van der Waals surface area contributed by atoms with Gasteiger partial charge in [-0.25, -0.2) is 13.2 Å². The van der Waals surface area contributed by atoms with Crippen LogP contribution in [0.5, 0.6) is 0 Å². The largest absolute Gasteiger partial charge is 0.465 e. The molecular weight excluding hydrogens is 438 g/mol. The van der Waals surface area contributed by atoms with Crippen LogP contribution in [-0.2, 0) is 21.8 Å². The van der Waals surface area contributed by atoms with E-state index < -0.39 is 21.9 Å². The van der Waals surface area contributed by atoms with Gasteiger partial charge in [0, 0.05) is 25.7 Å². The molecule has 1 aliphatic carbocycles. The van der Waals surface area contributed by atoms with Gasteiger partial charge in [0.05, 0.1) is 27.8 Å². The molecule has 4 rings (SSSR count). The summed E-state index contributed by atoms with van der Waals surface area (Å²) in [5, 5.41) is 0. The lowest BCUT2D eigenvalue weighted by Crippen LogP contribution is -2.28. The van der Waals surface area contributed by atoms with Crippen LogP contribution in [0, 0.1) is 0 Å². The summed E-state index contributed by atoms with van der Waals surface area (Å²) >= 11 is 1.28. The lowest BCUT2D eigenvalue weighted by Gasteiger charge is -2.16. The van der Waals surface area contributed by atoms with Gasteiger partial charge in [0.1, 0.15) is 0 Å². The van der Waals surface area contributed by atoms with E-state index in [0.717, 1.165) is 23.1 Å². The maximum Gasteiger partial charge on any atom is 0.337 e. The molecule has 0 atom stereocenters. The van der Waals surface area contributed by atoms with Crippen molar-refractivity contribution < 1.29 is 22.7 Å². The number of fused-ring (bicyclic) bond motifs is 1. The molecule has 1 fully saturated rings. The summed E-state index contributed by atoms with van der Waals surface area (Å²) in [6.45, 7) is 0. The Morgan fingerprint density at radius 3 is 2.39 bits per heavy atom. The van der Waals surface area contributed by atoms with Crippen LogP contribution < -0.4 is 4.80 Å². The highest BCUT2D eigenvalue weighted by atomic mass is 32.2. The number of esters is 1. The molecule has 0 unspecified atom stereocenters. The topological polar surface area (TPSA) is 98.0 Å². The number of ether oxygens (including phenoxy) is 1.